The van der Waals surface area contributed by atoms with Crippen LogP contribution in [0.5, 0.6) is 0 Å². The summed E-state index contributed by atoms with van der Waals surface area (Å²) in [5, 5.41) is 10.6. The maximum atomic E-state index is 11.8. The number of hydrogen-bond acceptors (Lipinski definition) is 4. The normalized spacial score (nSPS) is 11.3. The smallest absolute Gasteiger partial charge is 0.253 e. The molecule has 0 saturated carbocycles. The summed E-state index contributed by atoms with van der Waals surface area (Å²) in [5.41, 5.74) is 7.27. The van der Waals surface area contributed by atoms with Crippen LogP contribution in [0.25, 0.3) is 0 Å². The SMILES string of the molecule is Cc1cc(C(=O)NCC(C)(C)N)c(C)nn1. The molecule has 0 aromatic carbocycles. The minimum absolute atomic E-state index is 0.158. The van der Waals surface area contributed by atoms with Gasteiger partial charge in [-0.1, -0.05) is 0 Å². The molecule has 0 aliphatic rings. The Balaban J connectivity index is 2.77. The van der Waals surface area contributed by atoms with Gasteiger partial charge in [0.1, 0.15) is 0 Å². The average molecular weight is 222 g/mol. The summed E-state index contributed by atoms with van der Waals surface area (Å²) in [4.78, 5) is 11.8. The number of carbonyl (C=O) groups is 1. The lowest BCUT2D eigenvalue weighted by Gasteiger charge is -2.19. The van der Waals surface area contributed by atoms with E-state index in [2.05, 4.69) is 15.5 Å². The summed E-state index contributed by atoms with van der Waals surface area (Å²) in [6, 6.07) is 1.72. The molecule has 5 heteroatoms. The van der Waals surface area contributed by atoms with E-state index in [1.807, 2.05) is 13.8 Å². The van der Waals surface area contributed by atoms with Crippen LogP contribution < -0.4 is 11.1 Å². The van der Waals surface area contributed by atoms with Crippen molar-refractivity contribution in [3.05, 3.63) is 23.0 Å². The predicted octanol–water partition coefficient (Wildman–Crippen LogP) is 0.561. The van der Waals surface area contributed by atoms with Crippen LogP contribution in [0.1, 0.15) is 35.6 Å². The van der Waals surface area contributed by atoms with Crippen LogP contribution in [0.15, 0.2) is 6.07 Å². The topological polar surface area (TPSA) is 80.9 Å². The number of carbonyl (C=O) groups excluding carboxylic acids is 1. The lowest BCUT2D eigenvalue weighted by molar-refractivity contribution is 0.0944. The molecule has 1 aromatic heterocycles. The fourth-order valence-corrected chi connectivity index (χ4v) is 1.18. The van der Waals surface area contributed by atoms with E-state index >= 15 is 0 Å². The zero-order chi connectivity index (χ0) is 12.3. The number of aromatic nitrogens is 2. The third kappa shape index (κ3) is 3.58. The Morgan fingerprint density at radius 1 is 1.44 bits per heavy atom. The van der Waals surface area contributed by atoms with Crippen molar-refractivity contribution in [1.29, 1.82) is 0 Å². The van der Waals surface area contributed by atoms with E-state index in [0.29, 0.717) is 17.8 Å². The Morgan fingerprint density at radius 2 is 2.06 bits per heavy atom. The fraction of sp³-hybridized carbons (Fsp3) is 0.545. The maximum absolute atomic E-state index is 11.8. The van der Waals surface area contributed by atoms with Crippen LogP contribution in [0, 0.1) is 13.8 Å². The van der Waals surface area contributed by atoms with Crippen molar-refractivity contribution in [2.24, 2.45) is 5.73 Å². The van der Waals surface area contributed by atoms with E-state index in [1.165, 1.54) is 0 Å². The highest BCUT2D eigenvalue weighted by atomic mass is 16.1. The van der Waals surface area contributed by atoms with E-state index < -0.39 is 5.54 Å². The van der Waals surface area contributed by atoms with E-state index in [9.17, 15) is 4.79 Å². The second-order valence-corrected chi connectivity index (χ2v) is 4.66. The molecule has 0 saturated heterocycles. The second kappa shape index (κ2) is 4.57. The van der Waals surface area contributed by atoms with Gasteiger partial charge in [0, 0.05) is 12.1 Å². The number of amides is 1. The Kier molecular flexibility index (Phi) is 3.59. The monoisotopic (exact) mass is 222 g/mol. The second-order valence-electron chi connectivity index (χ2n) is 4.66. The molecular formula is C11H18N4O. The van der Waals surface area contributed by atoms with Gasteiger partial charge in [0.15, 0.2) is 0 Å². The van der Waals surface area contributed by atoms with Gasteiger partial charge >= 0.3 is 0 Å². The first-order valence-electron chi connectivity index (χ1n) is 5.17. The summed E-state index contributed by atoms with van der Waals surface area (Å²) in [5.74, 6) is -0.158. The maximum Gasteiger partial charge on any atom is 0.253 e. The minimum Gasteiger partial charge on any atom is -0.350 e. The van der Waals surface area contributed by atoms with Crippen molar-refractivity contribution >= 4 is 5.91 Å². The fourth-order valence-electron chi connectivity index (χ4n) is 1.18. The van der Waals surface area contributed by atoms with Gasteiger partial charge in [-0.05, 0) is 33.8 Å². The number of nitrogens with two attached hydrogens (primary N) is 1. The molecule has 16 heavy (non-hydrogen) atoms. The summed E-state index contributed by atoms with van der Waals surface area (Å²) >= 11 is 0. The molecule has 0 aliphatic carbocycles. The Labute approximate surface area is 95.4 Å². The Bertz CT molecular complexity index is 395. The molecule has 0 bridgehead atoms. The molecule has 0 unspecified atom stereocenters. The van der Waals surface area contributed by atoms with E-state index in [-0.39, 0.29) is 5.91 Å². The summed E-state index contributed by atoms with van der Waals surface area (Å²) in [6.45, 7) is 7.70. The third-order valence-corrected chi connectivity index (χ3v) is 2.05. The Morgan fingerprint density at radius 3 is 2.62 bits per heavy atom. The first-order chi connectivity index (χ1) is 7.29. The van der Waals surface area contributed by atoms with Crippen LogP contribution >= 0.6 is 0 Å². The summed E-state index contributed by atoms with van der Waals surface area (Å²) in [7, 11) is 0. The van der Waals surface area contributed by atoms with Gasteiger partial charge in [-0.15, -0.1) is 0 Å². The minimum atomic E-state index is -0.418. The lowest BCUT2D eigenvalue weighted by Crippen LogP contribution is -2.45. The molecule has 0 spiro atoms. The van der Waals surface area contributed by atoms with Gasteiger partial charge in [0.25, 0.3) is 5.91 Å². The van der Waals surface area contributed by atoms with Gasteiger partial charge in [0.05, 0.1) is 17.0 Å². The Hall–Kier alpha value is -1.49. The van der Waals surface area contributed by atoms with Gasteiger partial charge in [-0.3, -0.25) is 4.79 Å². The number of hydrogen-bond donors (Lipinski definition) is 2. The molecule has 1 heterocycles. The van der Waals surface area contributed by atoms with Crippen LogP contribution in [0.4, 0.5) is 0 Å². The average Bonchev–Trinajstić information content (AvgIpc) is 2.17. The molecule has 1 amide bonds. The van der Waals surface area contributed by atoms with Crippen molar-refractivity contribution in [3.8, 4) is 0 Å². The number of aryl methyl sites for hydroxylation is 2. The van der Waals surface area contributed by atoms with Crippen LogP contribution in [-0.4, -0.2) is 28.2 Å². The molecule has 1 rings (SSSR count). The molecule has 0 atom stereocenters. The molecule has 1 aromatic rings. The molecule has 0 aliphatic heterocycles. The number of nitrogens with one attached hydrogen (secondary N) is 1. The summed E-state index contributed by atoms with van der Waals surface area (Å²) < 4.78 is 0. The highest BCUT2D eigenvalue weighted by Crippen LogP contribution is 2.05. The largest absolute Gasteiger partial charge is 0.350 e. The van der Waals surface area contributed by atoms with E-state index in [1.54, 1.807) is 19.9 Å². The zero-order valence-corrected chi connectivity index (χ0v) is 10.2. The van der Waals surface area contributed by atoms with Crippen molar-refractivity contribution in [1.82, 2.24) is 15.5 Å². The van der Waals surface area contributed by atoms with E-state index in [4.69, 9.17) is 5.73 Å². The van der Waals surface area contributed by atoms with Gasteiger partial charge in [0.2, 0.25) is 0 Å². The quantitative estimate of drug-likeness (QED) is 0.783. The van der Waals surface area contributed by atoms with Crippen LogP contribution in [0.3, 0.4) is 0 Å². The lowest BCUT2D eigenvalue weighted by atomic mass is 10.1. The predicted molar refractivity (Wildman–Crippen MR) is 62.1 cm³/mol. The van der Waals surface area contributed by atoms with Crippen LogP contribution in [0.2, 0.25) is 0 Å². The molecule has 0 fully saturated rings. The molecule has 0 radical (unpaired) electrons. The molecular weight excluding hydrogens is 204 g/mol. The highest BCUT2D eigenvalue weighted by Gasteiger charge is 2.15. The standard InChI is InChI=1S/C11H18N4O/c1-7-5-9(8(2)15-14-7)10(16)13-6-11(3,4)12/h5H,6,12H2,1-4H3,(H,13,16). The first kappa shape index (κ1) is 12.6. The number of rotatable bonds is 3. The van der Waals surface area contributed by atoms with Crippen molar-refractivity contribution in [3.63, 3.8) is 0 Å². The van der Waals surface area contributed by atoms with E-state index in [0.717, 1.165) is 5.69 Å². The molecule has 88 valence electrons. The molecule has 3 N–H and O–H groups in total. The number of nitrogens with zero attached hydrogens (tertiary/aromatic N) is 2. The van der Waals surface area contributed by atoms with Crippen molar-refractivity contribution < 1.29 is 4.79 Å². The molecule has 5 nitrogen and oxygen atoms in total. The van der Waals surface area contributed by atoms with Crippen LogP contribution in [-0.2, 0) is 0 Å². The van der Waals surface area contributed by atoms with Gasteiger partial charge in [-0.25, -0.2) is 0 Å². The highest BCUT2D eigenvalue weighted by molar-refractivity contribution is 5.95. The van der Waals surface area contributed by atoms with Crippen molar-refractivity contribution in [2.75, 3.05) is 6.54 Å². The van der Waals surface area contributed by atoms with Gasteiger partial charge < -0.3 is 11.1 Å². The summed E-state index contributed by atoms with van der Waals surface area (Å²) in [6.07, 6.45) is 0. The van der Waals surface area contributed by atoms with Crippen molar-refractivity contribution in [2.45, 2.75) is 33.2 Å². The zero-order valence-electron chi connectivity index (χ0n) is 10.2. The first-order valence-corrected chi connectivity index (χ1v) is 5.17. The third-order valence-electron chi connectivity index (χ3n) is 2.05. The van der Waals surface area contributed by atoms with Gasteiger partial charge in [-0.2, -0.15) is 10.2 Å².